The van der Waals surface area contributed by atoms with Gasteiger partial charge in [-0.2, -0.15) is 5.10 Å². The van der Waals surface area contributed by atoms with E-state index in [1.54, 1.807) is 0 Å². The average Bonchev–Trinajstić information content (AvgIpc) is 3.26. The topological polar surface area (TPSA) is 89.7 Å². The molecule has 2 aromatic rings. The number of nitrogens with one attached hydrogen (secondary N) is 2. The number of aryl methyl sites for hydroxylation is 3. The molecule has 0 saturated heterocycles. The van der Waals surface area contributed by atoms with Gasteiger partial charge >= 0.3 is 6.03 Å². The molecule has 136 valence electrons. The number of hydrogen-bond donors (Lipinski definition) is 2. The van der Waals surface area contributed by atoms with Gasteiger partial charge in [-0.25, -0.2) is 4.79 Å². The molecule has 25 heavy (non-hydrogen) atoms. The van der Waals surface area contributed by atoms with Crippen LogP contribution in [0.25, 0.3) is 0 Å². The number of amides is 2. The fourth-order valence-electron chi connectivity index (χ4n) is 3.57. The molecule has 0 fully saturated rings. The van der Waals surface area contributed by atoms with Gasteiger partial charge in [0.15, 0.2) is 5.82 Å². The largest absolute Gasteiger partial charge is 0.334 e. The zero-order valence-corrected chi connectivity index (χ0v) is 15.5. The fourth-order valence-corrected chi connectivity index (χ4v) is 3.57. The van der Waals surface area contributed by atoms with Crippen LogP contribution >= 0.6 is 0 Å². The van der Waals surface area contributed by atoms with Crippen molar-refractivity contribution in [3.05, 3.63) is 28.6 Å². The summed E-state index contributed by atoms with van der Waals surface area (Å²) < 4.78 is 4.02. The lowest BCUT2D eigenvalue weighted by Crippen LogP contribution is -2.37. The van der Waals surface area contributed by atoms with Gasteiger partial charge in [-0.15, -0.1) is 10.2 Å². The van der Waals surface area contributed by atoms with Crippen molar-refractivity contribution in [1.82, 2.24) is 35.2 Å². The first-order chi connectivity index (χ1) is 12.0. The number of fused-ring (bicyclic) bond motifs is 1. The van der Waals surface area contributed by atoms with Crippen LogP contribution in [0, 0.1) is 0 Å². The van der Waals surface area contributed by atoms with Crippen molar-refractivity contribution in [3.8, 4) is 0 Å². The van der Waals surface area contributed by atoms with Crippen molar-refractivity contribution in [2.24, 2.45) is 7.05 Å². The van der Waals surface area contributed by atoms with E-state index in [0.717, 1.165) is 55.1 Å². The lowest BCUT2D eigenvalue weighted by molar-refractivity contribution is 0.236. The van der Waals surface area contributed by atoms with Crippen LogP contribution in [0.1, 0.15) is 61.8 Å². The van der Waals surface area contributed by atoms with Gasteiger partial charge in [-0.05, 0) is 26.2 Å². The standard InChI is InChI=1S/C17H27N7O/c1-5-13-12(14(6-2)23(4)22-13)10-18-17(25)19-11(3)16-21-20-15-8-7-9-24(15)16/h11H,5-10H2,1-4H3,(H2,18,19,25)/t11-/m0/s1. The molecule has 0 unspecified atom stereocenters. The molecule has 2 amide bonds. The number of nitrogens with zero attached hydrogens (tertiary/aromatic N) is 5. The van der Waals surface area contributed by atoms with E-state index in [1.807, 2.05) is 18.7 Å². The highest BCUT2D eigenvalue weighted by molar-refractivity contribution is 5.74. The minimum absolute atomic E-state index is 0.176. The van der Waals surface area contributed by atoms with Crippen LogP contribution < -0.4 is 10.6 Å². The molecule has 8 nitrogen and oxygen atoms in total. The third-order valence-corrected chi connectivity index (χ3v) is 4.83. The monoisotopic (exact) mass is 345 g/mol. The smallest absolute Gasteiger partial charge is 0.315 e. The fraction of sp³-hybridized carbons (Fsp3) is 0.647. The van der Waals surface area contributed by atoms with Crippen molar-refractivity contribution in [1.29, 1.82) is 0 Å². The van der Waals surface area contributed by atoms with Gasteiger partial charge in [0.1, 0.15) is 5.82 Å². The zero-order chi connectivity index (χ0) is 18.0. The quantitative estimate of drug-likeness (QED) is 0.833. The molecule has 0 bridgehead atoms. The van der Waals surface area contributed by atoms with Crippen LogP contribution in [-0.2, 0) is 39.4 Å². The first-order valence-electron chi connectivity index (χ1n) is 9.05. The lowest BCUT2D eigenvalue weighted by atomic mass is 10.1. The predicted octanol–water partition coefficient (Wildman–Crippen LogP) is 1.64. The molecule has 0 aromatic carbocycles. The van der Waals surface area contributed by atoms with Gasteiger partial charge < -0.3 is 15.2 Å². The van der Waals surface area contributed by atoms with Crippen LogP contribution in [0.15, 0.2) is 0 Å². The Labute approximate surface area is 148 Å². The number of urea groups is 1. The molecule has 0 radical (unpaired) electrons. The molecule has 0 saturated carbocycles. The van der Waals surface area contributed by atoms with E-state index in [9.17, 15) is 4.79 Å². The molecule has 1 atom stereocenters. The summed E-state index contributed by atoms with van der Waals surface area (Å²) in [5.74, 6) is 1.84. The van der Waals surface area contributed by atoms with Crippen molar-refractivity contribution in [2.45, 2.75) is 65.6 Å². The molecule has 1 aliphatic heterocycles. The van der Waals surface area contributed by atoms with Gasteiger partial charge in [-0.1, -0.05) is 13.8 Å². The highest BCUT2D eigenvalue weighted by Crippen LogP contribution is 2.19. The van der Waals surface area contributed by atoms with Crippen LogP contribution in [0.3, 0.4) is 0 Å². The van der Waals surface area contributed by atoms with Gasteiger partial charge in [-0.3, -0.25) is 4.68 Å². The highest BCUT2D eigenvalue weighted by atomic mass is 16.2. The first kappa shape index (κ1) is 17.4. The van der Waals surface area contributed by atoms with E-state index in [2.05, 4.69) is 44.3 Å². The number of carbonyl (C=O) groups excluding carboxylic acids is 1. The summed E-state index contributed by atoms with van der Waals surface area (Å²) in [4.78, 5) is 12.3. The average molecular weight is 345 g/mol. The van der Waals surface area contributed by atoms with E-state index >= 15 is 0 Å². The number of rotatable bonds is 6. The maximum Gasteiger partial charge on any atom is 0.315 e. The Hall–Kier alpha value is -2.38. The minimum Gasteiger partial charge on any atom is -0.334 e. The van der Waals surface area contributed by atoms with E-state index in [4.69, 9.17) is 0 Å². The number of hydrogen-bond acceptors (Lipinski definition) is 4. The number of carbonyl (C=O) groups is 1. The lowest BCUT2D eigenvalue weighted by Gasteiger charge is -2.15. The summed E-state index contributed by atoms with van der Waals surface area (Å²) in [7, 11) is 1.95. The second-order valence-corrected chi connectivity index (χ2v) is 6.48. The summed E-state index contributed by atoms with van der Waals surface area (Å²) >= 11 is 0. The maximum atomic E-state index is 12.3. The summed E-state index contributed by atoms with van der Waals surface area (Å²) in [6, 6.07) is -0.375. The highest BCUT2D eigenvalue weighted by Gasteiger charge is 2.22. The van der Waals surface area contributed by atoms with E-state index < -0.39 is 0 Å². The minimum atomic E-state index is -0.198. The third kappa shape index (κ3) is 3.38. The molecule has 3 rings (SSSR count). The maximum absolute atomic E-state index is 12.3. The molecule has 2 aromatic heterocycles. The van der Waals surface area contributed by atoms with Crippen LogP contribution in [0.4, 0.5) is 4.79 Å². The van der Waals surface area contributed by atoms with Gasteiger partial charge in [0.2, 0.25) is 0 Å². The van der Waals surface area contributed by atoms with Gasteiger partial charge in [0.25, 0.3) is 0 Å². The first-order valence-corrected chi connectivity index (χ1v) is 9.05. The molecular weight excluding hydrogens is 318 g/mol. The Morgan fingerprint density at radius 3 is 2.80 bits per heavy atom. The Kier molecular flexibility index (Phi) is 5.06. The van der Waals surface area contributed by atoms with E-state index in [-0.39, 0.29) is 12.1 Å². The molecule has 2 N–H and O–H groups in total. The SMILES string of the molecule is CCc1nn(C)c(CC)c1CNC(=O)N[C@@H](C)c1nnc2n1CCC2. The molecule has 8 heteroatoms. The molecule has 0 spiro atoms. The molecule has 0 aliphatic carbocycles. The Morgan fingerprint density at radius 1 is 1.28 bits per heavy atom. The third-order valence-electron chi connectivity index (χ3n) is 4.83. The molecular formula is C17H27N7O. The predicted molar refractivity (Wildman–Crippen MR) is 94.1 cm³/mol. The van der Waals surface area contributed by atoms with Crippen molar-refractivity contribution in [3.63, 3.8) is 0 Å². The van der Waals surface area contributed by atoms with Crippen LogP contribution in [0.2, 0.25) is 0 Å². The summed E-state index contributed by atoms with van der Waals surface area (Å²) in [6.45, 7) is 7.54. The number of aromatic nitrogens is 5. The second kappa shape index (κ2) is 7.25. The van der Waals surface area contributed by atoms with Gasteiger partial charge in [0, 0.05) is 37.8 Å². The zero-order valence-electron chi connectivity index (χ0n) is 15.5. The van der Waals surface area contributed by atoms with Crippen molar-refractivity contribution in [2.75, 3.05) is 0 Å². The van der Waals surface area contributed by atoms with Crippen molar-refractivity contribution >= 4 is 6.03 Å². The van der Waals surface area contributed by atoms with Crippen molar-refractivity contribution < 1.29 is 4.79 Å². The molecule has 3 heterocycles. The summed E-state index contributed by atoms with van der Waals surface area (Å²) in [5, 5.41) is 18.9. The van der Waals surface area contributed by atoms with E-state index in [0.29, 0.717) is 6.54 Å². The Bertz CT molecular complexity index is 761. The second-order valence-electron chi connectivity index (χ2n) is 6.48. The summed E-state index contributed by atoms with van der Waals surface area (Å²) in [5.41, 5.74) is 3.34. The van der Waals surface area contributed by atoms with Crippen LogP contribution in [0.5, 0.6) is 0 Å². The normalized spacial score (nSPS) is 14.4. The van der Waals surface area contributed by atoms with Crippen LogP contribution in [-0.4, -0.2) is 30.6 Å². The summed E-state index contributed by atoms with van der Waals surface area (Å²) in [6.07, 6.45) is 3.81. The molecule has 1 aliphatic rings. The Balaban J connectivity index is 1.61. The van der Waals surface area contributed by atoms with E-state index in [1.165, 1.54) is 5.69 Å². The van der Waals surface area contributed by atoms with Gasteiger partial charge in [0.05, 0.1) is 11.7 Å². The Morgan fingerprint density at radius 2 is 2.08 bits per heavy atom.